The summed E-state index contributed by atoms with van der Waals surface area (Å²) in [6.45, 7) is 5.71. The van der Waals surface area contributed by atoms with E-state index < -0.39 is 0 Å². The fourth-order valence-electron chi connectivity index (χ4n) is 3.38. The third-order valence-electron chi connectivity index (χ3n) is 4.39. The minimum absolute atomic E-state index is 0.654. The Morgan fingerprint density at radius 3 is 2.71 bits per heavy atom. The van der Waals surface area contributed by atoms with E-state index in [2.05, 4.69) is 23.6 Å². The molecular formula is C14H28N2S. The first-order valence-corrected chi connectivity index (χ1v) is 8.40. The summed E-state index contributed by atoms with van der Waals surface area (Å²) in [7, 11) is 0. The highest BCUT2D eigenvalue weighted by molar-refractivity contribution is 7.99. The summed E-state index contributed by atoms with van der Waals surface area (Å²) in [5.41, 5.74) is 6.02. The van der Waals surface area contributed by atoms with Crippen molar-refractivity contribution in [2.45, 2.75) is 56.7 Å². The van der Waals surface area contributed by atoms with Gasteiger partial charge in [-0.3, -0.25) is 4.90 Å². The molecule has 0 radical (unpaired) electrons. The van der Waals surface area contributed by atoms with Gasteiger partial charge >= 0.3 is 0 Å². The van der Waals surface area contributed by atoms with Crippen molar-refractivity contribution in [2.75, 3.05) is 25.4 Å². The van der Waals surface area contributed by atoms with E-state index in [0.29, 0.717) is 6.04 Å². The average Bonchev–Trinajstić information content (AvgIpc) is 2.37. The molecule has 0 bridgehead atoms. The van der Waals surface area contributed by atoms with E-state index in [1.807, 2.05) is 0 Å². The van der Waals surface area contributed by atoms with Crippen molar-refractivity contribution in [3.8, 4) is 0 Å². The maximum absolute atomic E-state index is 6.02. The van der Waals surface area contributed by atoms with Crippen LogP contribution in [0.15, 0.2) is 0 Å². The van der Waals surface area contributed by atoms with Crippen LogP contribution in [0.2, 0.25) is 0 Å². The minimum Gasteiger partial charge on any atom is -0.329 e. The Morgan fingerprint density at radius 2 is 2.06 bits per heavy atom. The summed E-state index contributed by atoms with van der Waals surface area (Å²) in [4.78, 5) is 2.66. The fourth-order valence-corrected chi connectivity index (χ4v) is 4.42. The van der Waals surface area contributed by atoms with E-state index in [-0.39, 0.29) is 0 Å². The lowest BCUT2D eigenvalue weighted by Gasteiger charge is -2.38. The number of thioether (sulfide) groups is 1. The second-order valence-electron chi connectivity index (χ2n) is 5.81. The van der Waals surface area contributed by atoms with Crippen LogP contribution in [-0.2, 0) is 0 Å². The summed E-state index contributed by atoms with van der Waals surface area (Å²) in [6, 6.07) is 0.654. The number of hydrogen-bond acceptors (Lipinski definition) is 3. The monoisotopic (exact) mass is 256 g/mol. The molecule has 100 valence electrons. The molecule has 0 aromatic carbocycles. The maximum atomic E-state index is 6.02. The van der Waals surface area contributed by atoms with Crippen LogP contribution in [-0.4, -0.2) is 41.6 Å². The third-order valence-corrected chi connectivity index (χ3v) is 5.53. The second-order valence-corrected chi connectivity index (χ2v) is 7.35. The van der Waals surface area contributed by atoms with Gasteiger partial charge in [-0.25, -0.2) is 0 Å². The zero-order chi connectivity index (χ0) is 12.1. The predicted molar refractivity (Wildman–Crippen MR) is 77.5 cm³/mol. The van der Waals surface area contributed by atoms with Gasteiger partial charge in [-0.05, 0) is 12.3 Å². The van der Waals surface area contributed by atoms with E-state index in [1.165, 1.54) is 57.4 Å². The number of nitrogens with zero attached hydrogens (tertiary/aromatic N) is 1. The fraction of sp³-hybridized carbons (Fsp3) is 1.00. The number of rotatable bonds is 4. The number of nitrogens with two attached hydrogens (primary N) is 1. The second kappa shape index (κ2) is 7.01. The van der Waals surface area contributed by atoms with Crippen LogP contribution in [0.3, 0.4) is 0 Å². The molecule has 17 heavy (non-hydrogen) atoms. The van der Waals surface area contributed by atoms with Crippen molar-refractivity contribution < 1.29 is 0 Å². The normalized spacial score (nSPS) is 30.4. The van der Waals surface area contributed by atoms with E-state index in [9.17, 15) is 0 Å². The van der Waals surface area contributed by atoms with Crippen molar-refractivity contribution in [3.05, 3.63) is 0 Å². The van der Waals surface area contributed by atoms with Gasteiger partial charge in [0.05, 0.1) is 0 Å². The zero-order valence-electron chi connectivity index (χ0n) is 11.2. The Bertz CT molecular complexity index is 216. The Morgan fingerprint density at radius 1 is 1.29 bits per heavy atom. The lowest BCUT2D eigenvalue weighted by molar-refractivity contribution is 0.166. The molecule has 3 heteroatoms. The Balaban J connectivity index is 1.82. The summed E-state index contributed by atoms with van der Waals surface area (Å²) >= 11 is 2.11. The van der Waals surface area contributed by atoms with Crippen LogP contribution in [0.4, 0.5) is 0 Å². The molecule has 0 amide bonds. The van der Waals surface area contributed by atoms with Crippen LogP contribution in [0, 0.1) is 5.92 Å². The molecule has 2 aliphatic rings. The standard InChI is InChI=1S/C14H28N2S/c1-12-11-16(7-8-17-12)14(10-15)9-13-5-3-2-4-6-13/h12-14H,2-11,15H2,1H3. The highest BCUT2D eigenvalue weighted by Crippen LogP contribution is 2.29. The summed E-state index contributed by atoms with van der Waals surface area (Å²) < 4.78 is 0. The number of hydrogen-bond donors (Lipinski definition) is 1. The molecule has 1 aliphatic carbocycles. The van der Waals surface area contributed by atoms with E-state index in [0.717, 1.165) is 17.7 Å². The summed E-state index contributed by atoms with van der Waals surface area (Å²) in [6.07, 6.45) is 8.63. The van der Waals surface area contributed by atoms with Gasteiger partial charge in [0.1, 0.15) is 0 Å². The van der Waals surface area contributed by atoms with Crippen molar-refractivity contribution in [1.82, 2.24) is 4.90 Å². The molecular weight excluding hydrogens is 228 g/mol. The SMILES string of the molecule is CC1CN(C(CN)CC2CCCCC2)CCS1. The highest BCUT2D eigenvalue weighted by atomic mass is 32.2. The smallest absolute Gasteiger partial charge is 0.0221 e. The first kappa shape index (κ1) is 13.7. The Hall–Kier alpha value is 0.270. The topological polar surface area (TPSA) is 29.3 Å². The molecule has 0 aromatic heterocycles. The van der Waals surface area contributed by atoms with E-state index >= 15 is 0 Å². The van der Waals surface area contributed by atoms with Crippen LogP contribution >= 0.6 is 11.8 Å². The average molecular weight is 256 g/mol. The first-order valence-electron chi connectivity index (χ1n) is 7.35. The molecule has 0 spiro atoms. The molecule has 1 aliphatic heterocycles. The lowest BCUT2D eigenvalue weighted by Crippen LogP contribution is -2.48. The lowest BCUT2D eigenvalue weighted by atomic mass is 9.84. The molecule has 1 saturated heterocycles. The van der Waals surface area contributed by atoms with Gasteiger partial charge in [0.15, 0.2) is 0 Å². The Kier molecular flexibility index (Phi) is 5.64. The quantitative estimate of drug-likeness (QED) is 0.838. The van der Waals surface area contributed by atoms with Crippen molar-refractivity contribution in [2.24, 2.45) is 11.7 Å². The van der Waals surface area contributed by atoms with Crippen molar-refractivity contribution >= 4 is 11.8 Å². The zero-order valence-corrected chi connectivity index (χ0v) is 12.1. The first-order chi connectivity index (χ1) is 8.29. The van der Waals surface area contributed by atoms with E-state index in [1.54, 1.807) is 0 Å². The highest BCUT2D eigenvalue weighted by Gasteiger charge is 2.26. The molecule has 0 aromatic rings. The van der Waals surface area contributed by atoms with Crippen molar-refractivity contribution in [1.29, 1.82) is 0 Å². The predicted octanol–water partition coefficient (Wildman–Crippen LogP) is 2.72. The van der Waals surface area contributed by atoms with Gasteiger partial charge < -0.3 is 5.73 Å². The molecule has 2 rings (SSSR count). The van der Waals surface area contributed by atoms with Gasteiger partial charge in [-0.2, -0.15) is 11.8 Å². The van der Waals surface area contributed by atoms with Gasteiger partial charge in [0.2, 0.25) is 0 Å². The van der Waals surface area contributed by atoms with Gasteiger partial charge in [-0.15, -0.1) is 0 Å². The molecule has 2 atom stereocenters. The molecule has 1 saturated carbocycles. The van der Waals surface area contributed by atoms with Crippen molar-refractivity contribution in [3.63, 3.8) is 0 Å². The van der Waals surface area contributed by atoms with Gasteiger partial charge in [0, 0.05) is 36.7 Å². The molecule has 2 unspecified atom stereocenters. The van der Waals surface area contributed by atoms with Gasteiger partial charge in [-0.1, -0.05) is 39.0 Å². The summed E-state index contributed by atoms with van der Waals surface area (Å²) in [5.74, 6) is 2.25. The third kappa shape index (κ3) is 4.15. The van der Waals surface area contributed by atoms with Crippen LogP contribution in [0.5, 0.6) is 0 Å². The molecule has 2 nitrogen and oxygen atoms in total. The molecule has 2 fully saturated rings. The Labute approximate surface area is 111 Å². The van der Waals surface area contributed by atoms with Crippen LogP contribution in [0.25, 0.3) is 0 Å². The van der Waals surface area contributed by atoms with E-state index in [4.69, 9.17) is 5.73 Å². The van der Waals surface area contributed by atoms with Crippen LogP contribution in [0.1, 0.15) is 45.4 Å². The summed E-state index contributed by atoms with van der Waals surface area (Å²) in [5, 5.41) is 0.796. The van der Waals surface area contributed by atoms with Crippen LogP contribution < -0.4 is 5.73 Å². The molecule has 2 N–H and O–H groups in total. The minimum atomic E-state index is 0.654. The largest absolute Gasteiger partial charge is 0.329 e. The maximum Gasteiger partial charge on any atom is 0.0221 e. The van der Waals surface area contributed by atoms with Gasteiger partial charge in [0.25, 0.3) is 0 Å². The molecule has 1 heterocycles.